The summed E-state index contributed by atoms with van der Waals surface area (Å²) in [4.78, 5) is 20.5. The molecular weight excluding hydrogens is 564 g/mol. The molecule has 0 bridgehead atoms. The molecule has 4 nitrogen and oxygen atoms in total. The van der Waals surface area contributed by atoms with Crippen LogP contribution in [0.1, 0.15) is 11.1 Å². The van der Waals surface area contributed by atoms with Gasteiger partial charge < -0.3 is 4.74 Å². The number of thioether (sulfide) groups is 1. The highest BCUT2D eigenvalue weighted by Crippen LogP contribution is 2.38. The Morgan fingerprint density at radius 2 is 1.64 bits per heavy atom. The minimum Gasteiger partial charge on any atom is -0.487 e. The number of aliphatic imine (C=N–C) groups is 1. The van der Waals surface area contributed by atoms with E-state index in [-0.39, 0.29) is 5.91 Å². The number of benzene rings is 3. The van der Waals surface area contributed by atoms with E-state index >= 15 is 0 Å². The molecule has 33 heavy (non-hydrogen) atoms. The Bertz CT molecular complexity index is 1200. The maximum Gasteiger partial charge on any atom is 0.267 e. The van der Waals surface area contributed by atoms with Crippen LogP contribution in [0.15, 0.2) is 104 Å². The first-order valence-corrected chi connectivity index (χ1v) is 12.6. The fourth-order valence-corrected chi connectivity index (χ4v) is 5.65. The number of hydrogen-bond acceptors (Lipinski definition) is 4. The minimum absolute atomic E-state index is 0.0715. The smallest absolute Gasteiger partial charge is 0.267 e. The number of ether oxygens (including phenoxy) is 1. The maximum absolute atomic E-state index is 13.4. The number of hydrogen-bond donors (Lipinski definition) is 0. The molecule has 1 saturated heterocycles. The third-order valence-electron chi connectivity index (χ3n) is 4.72. The van der Waals surface area contributed by atoms with Gasteiger partial charge in [0.15, 0.2) is 5.17 Å². The van der Waals surface area contributed by atoms with Crippen LogP contribution in [0.5, 0.6) is 5.75 Å². The average molecular weight is 584 g/mol. The highest BCUT2D eigenvalue weighted by Gasteiger charge is 2.33. The van der Waals surface area contributed by atoms with Crippen LogP contribution in [0, 0.1) is 0 Å². The Kier molecular flexibility index (Phi) is 7.85. The highest BCUT2D eigenvalue weighted by atomic mass is 79.9. The summed E-state index contributed by atoms with van der Waals surface area (Å²) in [6, 6.07) is 23.5. The fraction of sp³-hybridized carbons (Fsp3) is 0.0769. The van der Waals surface area contributed by atoms with Crippen molar-refractivity contribution in [1.29, 1.82) is 0 Å². The van der Waals surface area contributed by atoms with Crippen molar-refractivity contribution in [3.8, 4) is 5.75 Å². The summed E-state index contributed by atoms with van der Waals surface area (Å²) in [6.45, 7) is 4.54. The first kappa shape index (κ1) is 23.5. The first-order chi connectivity index (χ1) is 16.0. The summed E-state index contributed by atoms with van der Waals surface area (Å²) >= 11 is 8.50. The molecule has 1 amide bonds. The molecule has 1 aliphatic heterocycles. The summed E-state index contributed by atoms with van der Waals surface area (Å²) < 4.78 is 7.28. The Morgan fingerprint density at radius 3 is 2.27 bits per heavy atom. The van der Waals surface area contributed by atoms with Gasteiger partial charge in [0, 0.05) is 0 Å². The van der Waals surface area contributed by atoms with Crippen LogP contribution in [-0.4, -0.2) is 22.6 Å². The van der Waals surface area contributed by atoms with Crippen LogP contribution in [-0.2, 0) is 11.3 Å². The van der Waals surface area contributed by atoms with Crippen molar-refractivity contribution in [3.05, 3.63) is 110 Å². The van der Waals surface area contributed by atoms with Crippen molar-refractivity contribution >= 4 is 66.5 Å². The predicted octanol–water partition coefficient (Wildman–Crippen LogP) is 7.58. The van der Waals surface area contributed by atoms with Crippen LogP contribution < -0.4 is 4.74 Å². The van der Waals surface area contributed by atoms with Gasteiger partial charge in [-0.1, -0.05) is 61.2 Å². The fourth-order valence-electron chi connectivity index (χ4n) is 3.20. The quantitative estimate of drug-likeness (QED) is 0.213. The van der Waals surface area contributed by atoms with Crippen LogP contribution in [0.25, 0.3) is 6.08 Å². The van der Waals surface area contributed by atoms with Crippen LogP contribution in [0.3, 0.4) is 0 Å². The Labute approximate surface area is 214 Å². The molecular formula is C26H20Br2N2O2S. The second-order valence-electron chi connectivity index (χ2n) is 7.13. The molecule has 0 aliphatic carbocycles. The topological polar surface area (TPSA) is 41.9 Å². The molecule has 1 aliphatic rings. The zero-order valence-corrected chi connectivity index (χ0v) is 21.6. The normalized spacial score (nSPS) is 15.9. The minimum atomic E-state index is -0.0715. The van der Waals surface area contributed by atoms with Gasteiger partial charge in [-0.3, -0.25) is 9.69 Å². The standard InChI is InChI=1S/C26H20Br2N2O2S/c1-2-13-32-24-21(27)14-19(15-22(24)28)16-23-25(31)30(17-18-9-5-3-6-10-18)26(33-23)29-20-11-7-4-8-12-20/h2-12,14-16H,1,13,17H2/b23-16+,29-26?. The molecule has 4 rings (SSSR count). The van der Waals surface area contributed by atoms with Crippen molar-refractivity contribution in [2.24, 2.45) is 4.99 Å². The van der Waals surface area contributed by atoms with E-state index < -0.39 is 0 Å². The van der Waals surface area contributed by atoms with E-state index in [1.807, 2.05) is 78.9 Å². The molecule has 3 aromatic rings. The Balaban J connectivity index is 1.68. The van der Waals surface area contributed by atoms with Gasteiger partial charge in [0.25, 0.3) is 5.91 Å². The predicted molar refractivity (Wildman–Crippen MR) is 144 cm³/mol. The third-order valence-corrected chi connectivity index (χ3v) is 6.90. The monoisotopic (exact) mass is 582 g/mol. The van der Waals surface area contributed by atoms with E-state index in [2.05, 4.69) is 38.4 Å². The molecule has 7 heteroatoms. The van der Waals surface area contributed by atoms with E-state index in [0.29, 0.717) is 29.0 Å². The number of para-hydroxylation sites is 1. The number of halogens is 2. The largest absolute Gasteiger partial charge is 0.487 e. The van der Waals surface area contributed by atoms with Crippen molar-refractivity contribution in [2.75, 3.05) is 6.61 Å². The Hall–Kier alpha value is -2.61. The van der Waals surface area contributed by atoms with Gasteiger partial charge in [0.2, 0.25) is 0 Å². The molecule has 0 N–H and O–H groups in total. The number of amidine groups is 1. The molecule has 166 valence electrons. The van der Waals surface area contributed by atoms with Gasteiger partial charge in [0.05, 0.1) is 26.1 Å². The number of nitrogens with zero attached hydrogens (tertiary/aromatic N) is 2. The highest BCUT2D eigenvalue weighted by molar-refractivity contribution is 9.11. The maximum atomic E-state index is 13.4. The Morgan fingerprint density at radius 1 is 1.00 bits per heavy atom. The van der Waals surface area contributed by atoms with E-state index in [1.54, 1.807) is 11.0 Å². The van der Waals surface area contributed by atoms with Gasteiger partial charge in [-0.15, -0.1) is 0 Å². The molecule has 3 aromatic carbocycles. The van der Waals surface area contributed by atoms with Crippen molar-refractivity contribution < 1.29 is 9.53 Å². The van der Waals surface area contributed by atoms with E-state index in [4.69, 9.17) is 9.73 Å². The van der Waals surface area contributed by atoms with Gasteiger partial charge in [-0.2, -0.15) is 0 Å². The molecule has 1 heterocycles. The zero-order valence-electron chi connectivity index (χ0n) is 17.6. The van der Waals surface area contributed by atoms with Crippen molar-refractivity contribution in [2.45, 2.75) is 6.54 Å². The molecule has 0 aromatic heterocycles. The molecule has 0 saturated carbocycles. The number of carbonyl (C=O) groups is 1. The van der Waals surface area contributed by atoms with Gasteiger partial charge in [-0.25, -0.2) is 4.99 Å². The summed E-state index contributed by atoms with van der Waals surface area (Å²) in [5.41, 5.74) is 2.72. The number of rotatable bonds is 7. The van der Waals surface area contributed by atoms with Gasteiger partial charge in [-0.05, 0) is 85.1 Å². The van der Waals surface area contributed by atoms with E-state index in [9.17, 15) is 4.79 Å². The average Bonchev–Trinajstić information content (AvgIpc) is 3.09. The van der Waals surface area contributed by atoms with E-state index in [0.717, 1.165) is 25.8 Å². The third kappa shape index (κ3) is 5.85. The van der Waals surface area contributed by atoms with Crippen LogP contribution in [0.4, 0.5) is 5.69 Å². The van der Waals surface area contributed by atoms with Gasteiger partial charge >= 0.3 is 0 Å². The molecule has 0 atom stereocenters. The summed E-state index contributed by atoms with van der Waals surface area (Å²) in [5.74, 6) is 0.622. The SMILES string of the molecule is C=CCOc1c(Br)cc(/C=C2/SC(=Nc3ccccc3)N(Cc3ccccc3)C2=O)cc1Br. The van der Waals surface area contributed by atoms with Crippen molar-refractivity contribution in [3.63, 3.8) is 0 Å². The number of carbonyl (C=O) groups excluding carboxylic acids is 1. The lowest BCUT2D eigenvalue weighted by Gasteiger charge is -2.15. The van der Waals surface area contributed by atoms with Crippen LogP contribution >= 0.6 is 43.6 Å². The summed E-state index contributed by atoms with van der Waals surface area (Å²) in [6.07, 6.45) is 3.57. The number of amides is 1. The molecule has 0 radical (unpaired) electrons. The lowest BCUT2D eigenvalue weighted by atomic mass is 10.2. The lowest BCUT2D eigenvalue weighted by molar-refractivity contribution is -0.122. The van der Waals surface area contributed by atoms with Crippen molar-refractivity contribution in [1.82, 2.24) is 4.90 Å². The lowest BCUT2D eigenvalue weighted by Crippen LogP contribution is -2.28. The first-order valence-electron chi connectivity index (χ1n) is 10.2. The molecule has 1 fully saturated rings. The molecule has 0 unspecified atom stereocenters. The second-order valence-corrected chi connectivity index (χ2v) is 9.85. The summed E-state index contributed by atoms with van der Waals surface area (Å²) in [5, 5.41) is 0.658. The summed E-state index contributed by atoms with van der Waals surface area (Å²) in [7, 11) is 0. The zero-order chi connectivity index (χ0) is 23.2. The van der Waals surface area contributed by atoms with Crippen LogP contribution in [0.2, 0.25) is 0 Å². The van der Waals surface area contributed by atoms with Gasteiger partial charge in [0.1, 0.15) is 12.4 Å². The van der Waals surface area contributed by atoms with E-state index in [1.165, 1.54) is 11.8 Å². The second kappa shape index (κ2) is 11.0. The molecule has 0 spiro atoms.